The molecule has 5 nitrogen and oxygen atoms in total. The molecular weight excluding hydrogens is 304 g/mol. The van der Waals surface area contributed by atoms with Gasteiger partial charge in [0.15, 0.2) is 9.84 Å². The molecule has 118 valence electrons. The van der Waals surface area contributed by atoms with Crippen LogP contribution in [-0.2, 0) is 20.3 Å². The monoisotopic (exact) mass is 322 g/mol. The topological polar surface area (TPSA) is 73.6 Å². The van der Waals surface area contributed by atoms with Gasteiger partial charge in [-0.05, 0) is 31.5 Å². The molecule has 0 fully saturated rings. The van der Waals surface area contributed by atoms with Crippen LogP contribution >= 0.6 is 0 Å². The van der Waals surface area contributed by atoms with E-state index in [-0.39, 0.29) is 17.3 Å². The first-order chi connectivity index (χ1) is 10.2. The maximum atomic E-state index is 12.0. The second kappa shape index (κ2) is 6.36. The van der Waals surface area contributed by atoms with Crippen LogP contribution in [0.3, 0.4) is 0 Å². The van der Waals surface area contributed by atoms with Gasteiger partial charge in [0, 0.05) is 6.26 Å². The van der Waals surface area contributed by atoms with Crippen molar-refractivity contribution in [2.75, 3.05) is 6.26 Å². The molecule has 0 bridgehead atoms. The molecule has 0 spiro atoms. The Morgan fingerprint density at radius 3 is 2.64 bits per heavy atom. The molecule has 0 aliphatic rings. The second-order valence-corrected chi connectivity index (χ2v) is 7.44. The smallest absolute Gasteiger partial charge is 0.374 e. The number of carbonyl (C=O) groups is 1. The molecule has 0 aliphatic carbocycles. The van der Waals surface area contributed by atoms with Crippen LogP contribution in [0.15, 0.2) is 40.8 Å². The fourth-order valence-electron chi connectivity index (χ4n) is 2.03. The summed E-state index contributed by atoms with van der Waals surface area (Å²) in [5.41, 5.74) is 1.96. The van der Waals surface area contributed by atoms with Crippen molar-refractivity contribution in [3.05, 3.63) is 59.0 Å². The van der Waals surface area contributed by atoms with Gasteiger partial charge in [-0.25, -0.2) is 13.2 Å². The lowest BCUT2D eigenvalue weighted by Gasteiger charge is -2.13. The van der Waals surface area contributed by atoms with E-state index in [1.54, 1.807) is 6.92 Å². The highest BCUT2D eigenvalue weighted by Crippen LogP contribution is 2.20. The van der Waals surface area contributed by atoms with Gasteiger partial charge >= 0.3 is 5.97 Å². The van der Waals surface area contributed by atoms with Crippen molar-refractivity contribution < 1.29 is 22.4 Å². The summed E-state index contributed by atoms with van der Waals surface area (Å²) in [5, 5.41) is 0. The highest BCUT2D eigenvalue weighted by atomic mass is 32.2. The van der Waals surface area contributed by atoms with Gasteiger partial charge in [-0.1, -0.05) is 29.8 Å². The summed E-state index contributed by atoms with van der Waals surface area (Å²) >= 11 is 0. The first kappa shape index (κ1) is 16.3. The van der Waals surface area contributed by atoms with E-state index in [2.05, 4.69) is 0 Å². The molecule has 22 heavy (non-hydrogen) atoms. The number of sulfone groups is 1. The lowest BCUT2D eigenvalue weighted by molar-refractivity contribution is 0.0299. The average Bonchev–Trinajstić information content (AvgIpc) is 2.85. The Kier molecular flexibility index (Phi) is 4.71. The highest BCUT2D eigenvalue weighted by molar-refractivity contribution is 7.89. The summed E-state index contributed by atoms with van der Waals surface area (Å²) in [6.45, 7) is 3.73. The average molecular weight is 322 g/mol. The van der Waals surface area contributed by atoms with Gasteiger partial charge < -0.3 is 9.15 Å². The van der Waals surface area contributed by atoms with Crippen molar-refractivity contribution in [2.24, 2.45) is 0 Å². The Morgan fingerprint density at radius 2 is 2.00 bits per heavy atom. The van der Waals surface area contributed by atoms with Gasteiger partial charge in [0.1, 0.15) is 17.6 Å². The summed E-state index contributed by atoms with van der Waals surface area (Å²) in [5.74, 6) is -0.641. The summed E-state index contributed by atoms with van der Waals surface area (Å²) in [4.78, 5) is 12.0. The van der Waals surface area contributed by atoms with E-state index < -0.39 is 21.9 Å². The number of carbonyl (C=O) groups excluding carboxylic acids is 1. The standard InChI is InChI=1S/C16H18O5S/c1-11-5-4-6-13(9-11)12(2)20-16(17)15-8-7-14(21-15)10-22(3,18)19/h4-9,12H,10H2,1-3H3/t12-/m0/s1. The molecule has 0 amide bonds. The zero-order chi connectivity index (χ0) is 16.3. The van der Waals surface area contributed by atoms with Crippen LogP contribution in [0.2, 0.25) is 0 Å². The lowest BCUT2D eigenvalue weighted by atomic mass is 10.1. The van der Waals surface area contributed by atoms with Crippen molar-refractivity contribution in [2.45, 2.75) is 25.7 Å². The third-order valence-corrected chi connectivity index (χ3v) is 3.87. The summed E-state index contributed by atoms with van der Waals surface area (Å²) in [6.07, 6.45) is 0.684. The molecular formula is C16H18O5S. The van der Waals surface area contributed by atoms with Crippen molar-refractivity contribution in [3.63, 3.8) is 0 Å². The summed E-state index contributed by atoms with van der Waals surface area (Å²) in [7, 11) is -3.21. The normalized spacial score (nSPS) is 12.9. The predicted octanol–water partition coefficient (Wildman–Crippen LogP) is 3.05. The van der Waals surface area contributed by atoms with Gasteiger partial charge in [-0.2, -0.15) is 0 Å². The van der Waals surface area contributed by atoms with Gasteiger partial charge in [0.2, 0.25) is 5.76 Å². The Balaban J connectivity index is 2.06. The molecule has 0 unspecified atom stereocenters. The molecule has 1 heterocycles. The third-order valence-electron chi connectivity index (χ3n) is 3.06. The SMILES string of the molecule is Cc1cccc([C@H](C)OC(=O)c2ccc(CS(C)(=O)=O)o2)c1. The quantitative estimate of drug-likeness (QED) is 0.791. The van der Waals surface area contributed by atoms with Crippen LogP contribution in [0.25, 0.3) is 0 Å². The molecule has 0 radical (unpaired) electrons. The van der Waals surface area contributed by atoms with E-state index in [4.69, 9.17) is 9.15 Å². The Morgan fingerprint density at radius 1 is 1.27 bits per heavy atom. The molecule has 1 aromatic heterocycles. The number of hydrogen-bond acceptors (Lipinski definition) is 5. The Hall–Kier alpha value is -2.08. The Bertz CT molecular complexity index is 773. The molecule has 0 N–H and O–H groups in total. The number of benzene rings is 1. The molecule has 2 rings (SSSR count). The van der Waals surface area contributed by atoms with Crippen LogP contribution in [0.4, 0.5) is 0 Å². The first-order valence-corrected chi connectivity index (χ1v) is 8.84. The molecule has 0 saturated carbocycles. The second-order valence-electron chi connectivity index (χ2n) is 5.30. The van der Waals surface area contributed by atoms with Crippen LogP contribution in [0.5, 0.6) is 0 Å². The lowest BCUT2D eigenvalue weighted by Crippen LogP contribution is -2.08. The van der Waals surface area contributed by atoms with Crippen molar-refractivity contribution in [1.29, 1.82) is 0 Å². The van der Waals surface area contributed by atoms with E-state index in [1.165, 1.54) is 12.1 Å². The van der Waals surface area contributed by atoms with Crippen molar-refractivity contribution in [3.8, 4) is 0 Å². The maximum Gasteiger partial charge on any atom is 0.374 e. The minimum Gasteiger partial charge on any atom is -0.453 e. The maximum absolute atomic E-state index is 12.0. The number of esters is 1. The number of furan rings is 1. The minimum absolute atomic E-state index is 0.00171. The third kappa shape index (κ3) is 4.46. The molecule has 6 heteroatoms. The predicted molar refractivity (Wildman–Crippen MR) is 82.3 cm³/mol. The van der Waals surface area contributed by atoms with Crippen LogP contribution in [-0.4, -0.2) is 20.6 Å². The van der Waals surface area contributed by atoms with Crippen LogP contribution in [0, 0.1) is 6.92 Å². The van der Waals surface area contributed by atoms with E-state index in [0.717, 1.165) is 17.4 Å². The van der Waals surface area contributed by atoms with E-state index >= 15 is 0 Å². The number of ether oxygens (including phenoxy) is 1. The first-order valence-electron chi connectivity index (χ1n) is 6.78. The number of aryl methyl sites for hydroxylation is 1. The largest absolute Gasteiger partial charge is 0.453 e. The van der Waals surface area contributed by atoms with E-state index in [9.17, 15) is 13.2 Å². The summed E-state index contributed by atoms with van der Waals surface area (Å²) in [6, 6.07) is 10.6. The molecule has 1 atom stereocenters. The van der Waals surface area contributed by atoms with Crippen molar-refractivity contribution in [1.82, 2.24) is 0 Å². The van der Waals surface area contributed by atoms with Crippen LogP contribution < -0.4 is 0 Å². The van der Waals surface area contributed by atoms with Gasteiger partial charge in [-0.3, -0.25) is 0 Å². The number of hydrogen-bond donors (Lipinski definition) is 0. The fourth-order valence-corrected chi connectivity index (χ4v) is 2.71. The minimum atomic E-state index is -3.21. The molecule has 0 aliphatic heterocycles. The van der Waals surface area contributed by atoms with Gasteiger partial charge in [-0.15, -0.1) is 0 Å². The molecule has 2 aromatic rings. The number of rotatable bonds is 5. The van der Waals surface area contributed by atoms with Gasteiger partial charge in [0.25, 0.3) is 0 Å². The zero-order valence-corrected chi connectivity index (χ0v) is 13.5. The van der Waals surface area contributed by atoms with E-state index in [1.807, 2.05) is 31.2 Å². The van der Waals surface area contributed by atoms with E-state index in [0.29, 0.717) is 0 Å². The highest BCUT2D eigenvalue weighted by Gasteiger charge is 2.18. The van der Waals surface area contributed by atoms with Gasteiger partial charge in [0.05, 0.1) is 0 Å². The Labute approximate surface area is 129 Å². The van der Waals surface area contributed by atoms with Crippen LogP contribution in [0.1, 0.15) is 40.5 Å². The van der Waals surface area contributed by atoms with Crippen molar-refractivity contribution >= 4 is 15.8 Å². The summed E-state index contributed by atoms with van der Waals surface area (Å²) < 4.78 is 33.0. The fraction of sp³-hybridized carbons (Fsp3) is 0.312. The zero-order valence-electron chi connectivity index (χ0n) is 12.7. The molecule has 0 saturated heterocycles. The molecule has 1 aromatic carbocycles.